The zero-order chi connectivity index (χ0) is 14.7. The lowest BCUT2D eigenvalue weighted by molar-refractivity contribution is -0.117. The molecule has 5 heteroatoms. The van der Waals surface area contributed by atoms with Crippen LogP contribution in [0.5, 0.6) is 0 Å². The van der Waals surface area contributed by atoms with Gasteiger partial charge in [-0.15, -0.1) is 0 Å². The average molecular weight is 279 g/mol. The van der Waals surface area contributed by atoms with Crippen molar-refractivity contribution in [3.63, 3.8) is 0 Å². The number of anilines is 2. The van der Waals surface area contributed by atoms with Crippen LogP contribution in [0.4, 0.5) is 15.8 Å². The third-order valence-electron chi connectivity index (χ3n) is 4.07. The van der Waals surface area contributed by atoms with Gasteiger partial charge in [0.2, 0.25) is 5.91 Å². The third-order valence-corrected chi connectivity index (χ3v) is 4.07. The summed E-state index contributed by atoms with van der Waals surface area (Å²) in [7, 11) is 0. The van der Waals surface area contributed by atoms with Gasteiger partial charge in [-0.2, -0.15) is 0 Å². The molecule has 3 N–H and O–H groups in total. The number of likely N-dealkylation sites (tertiary alicyclic amines) is 1. The fourth-order valence-electron chi connectivity index (χ4n) is 2.53. The normalized spacial score (nSPS) is 23.6. The number of nitrogens with two attached hydrogens (primary N) is 1. The highest BCUT2D eigenvalue weighted by Gasteiger charge is 2.23. The smallest absolute Gasteiger partial charge is 0.238 e. The van der Waals surface area contributed by atoms with Crippen molar-refractivity contribution in [2.45, 2.75) is 20.3 Å². The summed E-state index contributed by atoms with van der Waals surface area (Å²) in [6, 6.07) is 3.99. The number of halogens is 1. The summed E-state index contributed by atoms with van der Waals surface area (Å²) in [5.74, 6) is 0.805. The predicted molar refractivity (Wildman–Crippen MR) is 78.8 cm³/mol. The molecule has 0 bridgehead atoms. The van der Waals surface area contributed by atoms with E-state index in [0.29, 0.717) is 24.1 Å². The number of benzene rings is 1. The van der Waals surface area contributed by atoms with Crippen LogP contribution in [-0.2, 0) is 4.79 Å². The number of hydrogen-bond donors (Lipinski definition) is 2. The fourth-order valence-corrected chi connectivity index (χ4v) is 2.53. The van der Waals surface area contributed by atoms with E-state index in [4.69, 9.17) is 5.73 Å². The van der Waals surface area contributed by atoms with Crippen molar-refractivity contribution in [1.29, 1.82) is 0 Å². The van der Waals surface area contributed by atoms with Gasteiger partial charge >= 0.3 is 0 Å². The van der Waals surface area contributed by atoms with Gasteiger partial charge in [0.15, 0.2) is 0 Å². The van der Waals surface area contributed by atoms with Crippen molar-refractivity contribution in [1.82, 2.24) is 4.90 Å². The summed E-state index contributed by atoms with van der Waals surface area (Å²) < 4.78 is 12.9. The van der Waals surface area contributed by atoms with E-state index >= 15 is 0 Å². The van der Waals surface area contributed by atoms with Crippen molar-refractivity contribution in [2.24, 2.45) is 11.8 Å². The van der Waals surface area contributed by atoms with Gasteiger partial charge < -0.3 is 11.1 Å². The number of hydrogen-bond acceptors (Lipinski definition) is 3. The van der Waals surface area contributed by atoms with Gasteiger partial charge in [0, 0.05) is 6.54 Å². The maximum Gasteiger partial charge on any atom is 0.238 e. The van der Waals surface area contributed by atoms with E-state index in [1.807, 2.05) is 0 Å². The van der Waals surface area contributed by atoms with Crippen LogP contribution in [0, 0.1) is 17.7 Å². The minimum Gasteiger partial charge on any atom is -0.397 e. The van der Waals surface area contributed by atoms with Crippen LogP contribution in [-0.4, -0.2) is 30.4 Å². The van der Waals surface area contributed by atoms with Gasteiger partial charge in [0.05, 0.1) is 17.9 Å². The Kier molecular flexibility index (Phi) is 4.60. The Morgan fingerprint density at radius 1 is 1.45 bits per heavy atom. The molecule has 4 nitrogen and oxygen atoms in total. The van der Waals surface area contributed by atoms with Crippen LogP contribution in [0.3, 0.4) is 0 Å². The van der Waals surface area contributed by atoms with Gasteiger partial charge in [-0.1, -0.05) is 13.8 Å². The first kappa shape index (κ1) is 14.8. The van der Waals surface area contributed by atoms with Crippen LogP contribution in [0.15, 0.2) is 18.2 Å². The average Bonchev–Trinajstić information content (AvgIpc) is 2.37. The lowest BCUT2D eigenvalue weighted by atomic mass is 9.89. The lowest BCUT2D eigenvalue weighted by Crippen LogP contribution is -2.42. The quantitative estimate of drug-likeness (QED) is 0.835. The lowest BCUT2D eigenvalue weighted by Gasteiger charge is -2.34. The topological polar surface area (TPSA) is 58.4 Å². The monoisotopic (exact) mass is 279 g/mol. The number of rotatable bonds is 3. The molecule has 1 aliphatic heterocycles. The molecule has 0 spiro atoms. The number of piperidine rings is 1. The number of amides is 1. The van der Waals surface area contributed by atoms with Crippen molar-refractivity contribution in [2.75, 3.05) is 30.7 Å². The summed E-state index contributed by atoms with van der Waals surface area (Å²) in [5, 5.41) is 2.74. The van der Waals surface area contributed by atoms with Gasteiger partial charge in [-0.25, -0.2) is 4.39 Å². The van der Waals surface area contributed by atoms with Crippen LogP contribution in [0.1, 0.15) is 20.3 Å². The molecule has 2 atom stereocenters. The molecule has 0 aromatic heterocycles. The second-order valence-electron chi connectivity index (χ2n) is 5.76. The van der Waals surface area contributed by atoms with Crippen LogP contribution in [0.25, 0.3) is 0 Å². The molecule has 1 heterocycles. The van der Waals surface area contributed by atoms with E-state index in [0.717, 1.165) is 19.5 Å². The van der Waals surface area contributed by atoms with E-state index in [2.05, 4.69) is 24.1 Å². The number of carbonyl (C=O) groups excluding carboxylic acids is 1. The van der Waals surface area contributed by atoms with Crippen LogP contribution < -0.4 is 11.1 Å². The van der Waals surface area contributed by atoms with E-state index < -0.39 is 5.82 Å². The second kappa shape index (κ2) is 6.22. The molecule has 20 heavy (non-hydrogen) atoms. The van der Waals surface area contributed by atoms with E-state index in [1.54, 1.807) is 0 Å². The first-order chi connectivity index (χ1) is 9.45. The molecule has 0 aliphatic carbocycles. The Labute approximate surface area is 119 Å². The van der Waals surface area contributed by atoms with Gasteiger partial charge in [-0.3, -0.25) is 9.69 Å². The first-order valence-corrected chi connectivity index (χ1v) is 7.03. The molecule has 2 rings (SSSR count). The fraction of sp³-hybridized carbons (Fsp3) is 0.533. The SMILES string of the molecule is CC1CCN(CC(=O)Nc2ccc(F)cc2N)CC1C. The van der Waals surface area contributed by atoms with Crippen molar-refractivity contribution >= 4 is 17.3 Å². The minimum absolute atomic E-state index is 0.106. The van der Waals surface area contributed by atoms with Gasteiger partial charge in [0.25, 0.3) is 0 Å². The Morgan fingerprint density at radius 3 is 2.85 bits per heavy atom. The highest BCUT2D eigenvalue weighted by Crippen LogP contribution is 2.23. The Balaban J connectivity index is 1.89. The molecule has 1 saturated heterocycles. The molecule has 110 valence electrons. The molecule has 2 unspecified atom stereocenters. The van der Waals surface area contributed by atoms with Crippen molar-refractivity contribution in [3.05, 3.63) is 24.0 Å². The molecule has 1 aromatic carbocycles. The summed E-state index contributed by atoms with van der Waals surface area (Å²) in [6.07, 6.45) is 1.12. The highest BCUT2D eigenvalue weighted by atomic mass is 19.1. The van der Waals surface area contributed by atoms with Gasteiger partial charge in [0.1, 0.15) is 5.82 Å². The number of nitrogen functional groups attached to an aromatic ring is 1. The molecule has 1 aromatic rings. The molecular formula is C15H22FN3O. The molecule has 0 saturated carbocycles. The Morgan fingerprint density at radius 2 is 2.20 bits per heavy atom. The van der Waals surface area contributed by atoms with Crippen LogP contribution >= 0.6 is 0 Å². The zero-order valence-corrected chi connectivity index (χ0v) is 12.0. The highest BCUT2D eigenvalue weighted by molar-refractivity contribution is 5.95. The van der Waals surface area contributed by atoms with Crippen LogP contribution in [0.2, 0.25) is 0 Å². The molecule has 1 amide bonds. The number of nitrogens with one attached hydrogen (secondary N) is 1. The minimum atomic E-state index is -0.403. The van der Waals surface area contributed by atoms with Gasteiger partial charge in [-0.05, 0) is 43.0 Å². The zero-order valence-electron chi connectivity index (χ0n) is 12.0. The maximum absolute atomic E-state index is 12.9. The standard InChI is InChI=1S/C15H22FN3O/c1-10-5-6-19(8-11(10)2)9-15(20)18-14-4-3-12(16)7-13(14)17/h3-4,7,10-11H,5-6,8-9,17H2,1-2H3,(H,18,20). The maximum atomic E-state index is 12.9. The molecule has 1 fully saturated rings. The third kappa shape index (κ3) is 3.70. The Hall–Kier alpha value is -1.62. The summed E-state index contributed by atoms with van der Waals surface area (Å²) in [6.45, 7) is 6.70. The summed E-state index contributed by atoms with van der Waals surface area (Å²) >= 11 is 0. The van der Waals surface area contributed by atoms with Crippen molar-refractivity contribution < 1.29 is 9.18 Å². The predicted octanol–water partition coefficient (Wildman–Crippen LogP) is 2.32. The largest absolute Gasteiger partial charge is 0.397 e. The Bertz CT molecular complexity index is 492. The number of carbonyl (C=O) groups is 1. The first-order valence-electron chi connectivity index (χ1n) is 7.03. The molecule has 1 aliphatic rings. The second-order valence-corrected chi connectivity index (χ2v) is 5.76. The summed E-state index contributed by atoms with van der Waals surface area (Å²) in [4.78, 5) is 14.2. The van der Waals surface area contributed by atoms with E-state index in [1.165, 1.54) is 18.2 Å². The van der Waals surface area contributed by atoms with E-state index in [-0.39, 0.29) is 11.6 Å². The molecular weight excluding hydrogens is 257 g/mol. The van der Waals surface area contributed by atoms with E-state index in [9.17, 15) is 9.18 Å². The number of nitrogens with zero attached hydrogens (tertiary/aromatic N) is 1. The molecule has 0 radical (unpaired) electrons. The summed E-state index contributed by atoms with van der Waals surface area (Å²) in [5.41, 5.74) is 6.39. The van der Waals surface area contributed by atoms with Crippen molar-refractivity contribution in [3.8, 4) is 0 Å².